The molecule has 1 heteroatoms. The quantitative estimate of drug-likeness (QED) is 0.688. The van der Waals surface area contributed by atoms with E-state index in [0.29, 0.717) is 0 Å². The van der Waals surface area contributed by atoms with E-state index in [1.54, 1.807) is 7.11 Å². The molecule has 0 aliphatic carbocycles. The second kappa shape index (κ2) is 4.43. The van der Waals surface area contributed by atoms with Crippen molar-refractivity contribution in [1.82, 2.24) is 0 Å². The van der Waals surface area contributed by atoms with Crippen molar-refractivity contribution in [2.75, 3.05) is 7.11 Å². The first-order valence-corrected chi connectivity index (χ1v) is 4.73. The van der Waals surface area contributed by atoms with Crippen molar-refractivity contribution < 1.29 is 4.74 Å². The molecule has 0 atom stereocenters. The van der Waals surface area contributed by atoms with E-state index in [1.165, 1.54) is 5.56 Å². The van der Waals surface area contributed by atoms with Gasteiger partial charge in [0.2, 0.25) is 0 Å². The second-order valence-electron chi connectivity index (χ2n) is 3.95. The molecule has 0 unspecified atom stereocenters. The molecule has 72 valence electrons. The normalized spacial score (nSPS) is 11.6. The second-order valence-corrected chi connectivity index (χ2v) is 3.95. The van der Waals surface area contributed by atoms with Gasteiger partial charge in [0.15, 0.2) is 0 Å². The minimum atomic E-state index is -0.00413. The van der Waals surface area contributed by atoms with Gasteiger partial charge in [-0.25, -0.2) is 0 Å². The van der Waals surface area contributed by atoms with Crippen molar-refractivity contribution in [1.29, 1.82) is 0 Å². The lowest BCUT2D eigenvalue weighted by Gasteiger charge is -2.22. The Balaban J connectivity index is 2.44. The molecule has 0 heterocycles. The van der Waals surface area contributed by atoms with Gasteiger partial charge in [0, 0.05) is 7.11 Å². The van der Waals surface area contributed by atoms with Crippen molar-refractivity contribution in [3.05, 3.63) is 35.9 Å². The molecule has 1 aromatic rings. The third-order valence-electron chi connectivity index (χ3n) is 2.41. The molecule has 0 saturated heterocycles. The van der Waals surface area contributed by atoms with E-state index in [0.717, 1.165) is 12.8 Å². The zero-order valence-corrected chi connectivity index (χ0v) is 8.71. The lowest BCUT2D eigenvalue weighted by molar-refractivity contribution is 0.0158. The van der Waals surface area contributed by atoms with Gasteiger partial charge in [-0.05, 0) is 32.3 Å². The van der Waals surface area contributed by atoms with Gasteiger partial charge in [-0.15, -0.1) is 0 Å². The van der Waals surface area contributed by atoms with Gasteiger partial charge in [0.1, 0.15) is 0 Å². The summed E-state index contributed by atoms with van der Waals surface area (Å²) in [7, 11) is 1.77. The number of benzene rings is 1. The molecule has 0 amide bonds. The third kappa shape index (κ3) is 3.60. The highest BCUT2D eigenvalue weighted by Crippen LogP contribution is 2.16. The Morgan fingerprint density at radius 3 is 2.31 bits per heavy atom. The van der Waals surface area contributed by atoms with E-state index in [1.807, 2.05) is 6.07 Å². The molecule has 0 saturated carbocycles. The van der Waals surface area contributed by atoms with Crippen LogP contribution >= 0.6 is 0 Å². The lowest BCUT2D eigenvalue weighted by atomic mass is 9.99. The van der Waals surface area contributed by atoms with E-state index in [-0.39, 0.29) is 5.60 Å². The first kappa shape index (κ1) is 10.3. The van der Waals surface area contributed by atoms with Crippen LogP contribution in [-0.4, -0.2) is 12.7 Å². The number of rotatable bonds is 4. The molecule has 0 bridgehead atoms. The van der Waals surface area contributed by atoms with Crippen LogP contribution in [0.5, 0.6) is 0 Å². The molecule has 0 fully saturated rings. The van der Waals surface area contributed by atoms with E-state index in [2.05, 4.69) is 38.1 Å². The Labute approximate surface area is 80.7 Å². The Hall–Kier alpha value is -0.820. The third-order valence-corrected chi connectivity index (χ3v) is 2.41. The van der Waals surface area contributed by atoms with E-state index < -0.39 is 0 Å². The van der Waals surface area contributed by atoms with Gasteiger partial charge >= 0.3 is 0 Å². The first-order chi connectivity index (χ1) is 6.14. The van der Waals surface area contributed by atoms with E-state index in [4.69, 9.17) is 4.74 Å². The Bertz CT molecular complexity index is 239. The molecule has 0 aliphatic rings. The molecule has 1 aromatic carbocycles. The van der Waals surface area contributed by atoms with Gasteiger partial charge in [-0.2, -0.15) is 0 Å². The lowest BCUT2D eigenvalue weighted by Crippen LogP contribution is -2.22. The van der Waals surface area contributed by atoms with Gasteiger partial charge in [-0.3, -0.25) is 0 Å². The van der Waals surface area contributed by atoms with Crippen LogP contribution in [0.2, 0.25) is 0 Å². The standard InChI is InChI=1S/C12H18O/c1-12(2,13-3)10-9-11-7-5-4-6-8-11/h4-8H,9-10H2,1-3H3. The van der Waals surface area contributed by atoms with Gasteiger partial charge in [0.05, 0.1) is 5.60 Å². The summed E-state index contributed by atoms with van der Waals surface area (Å²) in [6.45, 7) is 4.24. The number of ether oxygens (including phenoxy) is 1. The maximum Gasteiger partial charge on any atom is 0.0625 e. The zero-order valence-electron chi connectivity index (χ0n) is 8.71. The fourth-order valence-electron chi connectivity index (χ4n) is 1.19. The fraction of sp³-hybridized carbons (Fsp3) is 0.500. The molecular weight excluding hydrogens is 160 g/mol. The van der Waals surface area contributed by atoms with E-state index >= 15 is 0 Å². The van der Waals surface area contributed by atoms with Crippen molar-refractivity contribution in [3.63, 3.8) is 0 Å². The maximum atomic E-state index is 5.36. The summed E-state index contributed by atoms with van der Waals surface area (Å²) in [4.78, 5) is 0. The minimum Gasteiger partial charge on any atom is -0.379 e. The monoisotopic (exact) mass is 178 g/mol. The zero-order chi connectivity index (χ0) is 9.73. The topological polar surface area (TPSA) is 9.23 Å². The summed E-state index contributed by atoms with van der Waals surface area (Å²) >= 11 is 0. The smallest absolute Gasteiger partial charge is 0.0625 e. The van der Waals surface area contributed by atoms with Crippen LogP contribution in [0.15, 0.2) is 30.3 Å². The van der Waals surface area contributed by atoms with Crippen LogP contribution in [0.25, 0.3) is 0 Å². The molecule has 1 rings (SSSR count). The largest absolute Gasteiger partial charge is 0.379 e. The van der Waals surface area contributed by atoms with Crippen molar-refractivity contribution in [3.8, 4) is 0 Å². The Morgan fingerprint density at radius 2 is 1.77 bits per heavy atom. The highest BCUT2D eigenvalue weighted by atomic mass is 16.5. The van der Waals surface area contributed by atoms with Crippen LogP contribution in [-0.2, 0) is 11.2 Å². The number of hydrogen-bond donors (Lipinski definition) is 0. The minimum absolute atomic E-state index is 0.00413. The molecule has 13 heavy (non-hydrogen) atoms. The number of aryl methyl sites for hydroxylation is 1. The molecule has 1 nitrogen and oxygen atoms in total. The summed E-state index contributed by atoms with van der Waals surface area (Å²) < 4.78 is 5.36. The first-order valence-electron chi connectivity index (χ1n) is 4.73. The van der Waals surface area contributed by atoms with Crippen molar-refractivity contribution in [2.45, 2.75) is 32.3 Å². The molecule has 0 aromatic heterocycles. The van der Waals surface area contributed by atoms with Crippen LogP contribution in [0.4, 0.5) is 0 Å². The molecule has 0 spiro atoms. The van der Waals surface area contributed by atoms with Crippen LogP contribution in [0, 0.1) is 0 Å². The molecule has 0 radical (unpaired) electrons. The predicted octanol–water partition coefficient (Wildman–Crippen LogP) is 3.04. The highest BCUT2D eigenvalue weighted by Gasteiger charge is 2.15. The van der Waals surface area contributed by atoms with Crippen molar-refractivity contribution >= 4 is 0 Å². The van der Waals surface area contributed by atoms with E-state index in [9.17, 15) is 0 Å². The number of hydrogen-bond acceptors (Lipinski definition) is 1. The number of methoxy groups -OCH3 is 1. The molecule has 0 N–H and O–H groups in total. The van der Waals surface area contributed by atoms with Crippen LogP contribution < -0.4 is 0 Å². The van der Waals surface area contributed by atoms with Crippen LogP contribution in [0.3, 0.4) is 0 Å². The summed E-state index contributed by atoms with van der Waals surface area (Å²) in [6, 6.07) is 10.5. The highest BCUT2D eigenvalue weighted by molar-refractivity contribution is 5.14. The predicted molar refractivity (Wildman–Crippen MR) is 55.9 cm³/mol. The van der Waals surface area contributed by atoms with Gasteiger partial charge in [-0.1, -0.05) is 30.3 Å². The van der Waals surface area contributed by atoms with Crippen molar-refractivity contribution in [2.24, 2.45) is 0 Å². The van der Waals surface area contributed by atoms with Crippen LogP contribution in [0.1, 0.15) is 25.8 Å². The molecular formula is C12H18O. The summed E-state index contributed by atoms with van der Waals surface area (Å²) in [5, 5.41) is 0. The fourth-order valence-corrected chi connectivity index (χ4v) is 1.19. The SMILES string of the molecule is COC(C)(C)CCc1ccccc1. The Kier molecular flexibility index (Phi) is 3.49. The van der Waals surface area contributed by atoms with Gasteiger partial charge < -0.3 is 4.74 Å². The van der Waals surface area contributed by atoms with Gasteiger partial charge in [0.25, 0.3) is 0 Å². The Morgan fingerprint density at radius 1 is 1.15 bits per heavy atom. The summed E-state index contributed by atoms with van der Waals surface area (Å²) in [6.07, 6.45) is 2.15. The summed E-state index contributed by atoms with van der Waals surface area (Å²) in [5.74, 6) is 0. The molecule has 0 aliphatic heterocycles. The maximum absolute atomic E-state index is 5.36. The average Bonchev–Trinajstić information content (AvgIpc) is 2.17. The average molecular weight is 178 g/mol. The summed E-state index contributed by atoms with van der Waals surface area (Å²) in [5.41, 5.74) is 1.38.